The molecule has 0 aliphatic rings. The highest BCUT2D eigenvalue weighted by atomic mass is 16.5. The maximum atomic E-state index is 5.50. The highest BCUT2D eigenvalue weighted by Crippen LogP contribution is 2.10. The van der Waals surface area contributed by atoms with Crippen LogP contribution in [0.5, 0.6) is 5.88 Å². The van der Waals surface area contributed by atoms with E-state index < -0.39 is 0 Å². The van der Waals surface area contributed by atoms with Crippen LogP contribution in [-0.4, -0.2) is 36.3 Å². The summed E-state index contributed by atoms with van der Waals surface area (Å²) in [5.41, 5.74) is 0. The lowest BCUT2D eigenvalue weighted by molar-refractivity contribution is 0.128. The number of aromatic nitrogens is 2. The van der Waals surface area contributed by atoms with E-state index in [-0.39, 0.29) is 6.10 Å². The van der Waals surface area contributed by atoms with Crippen LogP contribution in [-0.2, 0) is 4.74 Å². The second kappa shape index (κ2) is 7.06. The number of hydrogen-bond acceptors (Lipinski definition) is 5. The Hall–Kier alpha value is -1.36. The molecule has 0 fully saturated rings. The van der Waals surface area contributed by atoms with Crippen molar-refractivity contribution in [2.75, 3.05) is 25.6 Å². The van der Waals surface area contributed by atoms with Crippen molar-refractivity contribution in [2.45, 2.75) is 26.9 Å². The number of nitrogens with one attached hydrogen (secondary N) is 1. The number of ether oxygens (including phenoxy) is 2. The van der Waals surface area contributed by atoms with Crippen LogP contribution >= 0.6 is 0 Å². The smallest absolute Gasteiger partial charge is 0.234 e. The molecule has 0 bridgehead atoms. The van der Waals surface area contributed by atoms with E-state index in [4.69, 9.17) is 9.47 Å². The van der Waals surface area contributed by atoms with Gasteiger partial charge in [0.15, 0.2) is 0 Å². The minimum Gasteiger partial charge on any atom is -0.476 e. The van der Waals surface area contributed by atoms with Crippen LogP contribution in [0.25, 0.3) is 0 Å². The fourth-order valence-electron chi connectivity index (χ4n) is 1.09. The maximum Gasteiger partial charge on any atom is 0.234 e. The number of anilines is 1. The number of methoxy groups -OCH3 is 1. The summed E-state index contributed by atoms with van der Waals surface area (Å²) in [6.45, 7) is 7.51. The minimum absolute atomic E-state index is 0.136. The van der Waals surface area contributed by atoms with Crippen molar-refractivity contribution in [3.8, 4) is 5.88 Å². The Morgan fingerprint density at radius 2 is 2.06 bits per heavy atom. The van der Waals surface area contributed by atoms with Gasteiger partial charge in [0.2, 0.25) is 5.88 Å². The molecule has 1 atom stereocenters. The fraction of sp³-hybridized carbons (Fsp3) is 0.667. The van der Waals surface area contributed by atoms with E-state index in [9.17, 15) is 0 Å². The zero-order chi connectivity index (χ0) is 12.7. The molecule has 0 saturated carbocycles. The molecule has 0 spiro atoms. The van der Waals surface area contributed by atoms with Gasteiger partial charge in [-0.2, -0.15) is 4.98 Å². The summed E-state index contributed by atoms with van der Waals surface area (Å²) in [6.07, 6.45) is 3.43. The van der Waals surface area contributed by atoms with Gasteiger partial charge < -0.3 is 14.8 Å². The van der Waals surface area contributed by atoms with Crippen LogP contribution in [0.15, 0.2) is 12.4 Å². The largest absolute Gasteiger partial charge is 0.476 e. The van der Waals surface area contributed by atoms with E-state index >= 15 is 0 Å². The molecule has 0 aromatic carbocycles. The molecule has 0 aliphatic heterocycles. The molecule has 96 valence electrons. The summed E-state index contributed by atoms with van der Waals surface area (Å²) < 4.78 is 10.6. The van der Waals surface area contributed by atoms with Crippen molar-refractivity contribution >= 4 is 5.82 Å². The van der Waals surface area contributed by atoms with Crippen LogP contribution in [0.4, 0.5) is 5.82 Å². The Morgan fingerprint density at radius 3 is 2.71 bits per heavy atom. The topological polar surface area (TPSA) is 56.3 Å². The highest BCUT2D eigenvalue weighted by Gasteiger charge is 2.03. The van der Waals surface area contributed by atoms with E-state index in [1.54, 1.807) is 19.5 Å². The second-order valence-corrected chi connectivity index (χ2v) is 4.37. The second-order valence-electron chi connectivity index (χ2n) is 4.37. The van der Waals surface area contributed by atoms with Crippen LogP contribution in [0.3, 0.4) is 0 Å². The van der Waals surface area contributed by atoms with Crippen molar-refractivity contribution in [3.05, 3.63) is 12.4 Å². The monoisotopic (exact) mass is 239 g/mol. The quantitative estimate of drug-likeness (QED) is 0.788. The van der Waals surface area contributed by atoms with Crippen LogP contribution < -0.4 is 10.1 Å². The summed E-state index contributed by atoms with van der Waals surface area (Å²) >= 11 is 0. The summed E-state index contributed by atoms with van der Waals surface area (Å²) in [5.74, 6) is 1.73. The predicted octanol–water partition coefficient (Wildman–Crippen LogP) is 1.96. The van der Waals surface area contributed by atoms with Gasteiger partial charge in [0.05, 0.1) is 25.1 Å². The third kappa shape index (κ3) is 5.49. The molecule has 0 aliphatic carbocycles. The molecule has 0 amide bonds. The van der Waals surface area contributed by atoms with Crippen LogP contribution in [0.1, 0.15) is 20.8 Å². The third-order valence-electron chi connectivity index (χ3n) is 2.15. The molecule has 17 heavy (non-hydrogen) atoms. The Balaban J connectivity index is 2.47. The highest BCUT2D eigenvalue weighted by molar-refractivity contribution is 5.33. The van der Waals surface area contributed by atoms with Crippen molar-refractivity contribution in [1.82, 2.24) is 9.97 Å². The first-order chi connectivity index (χ1) is 8.11. The Morgan fingerprint density at radius 1 is 1.29 bits per heavy atom. The van der Waals surface area contributed by atoms with E-state index in [1.165, 1.54) is 0 Å². The summed E-state index contributed by atoms with van der Waals surface area (Å²) in [7, 11) is 1.68. The maximum absolute atomic E-state index is 5.50. The molecule has 0 radical (unpaired) electrons. The van der Waals surface area contributed by atoms with Gasteiger partial charge in [-0.15, -0.1) is 0 Å². The normalized spacial score (nSPS) is 12.5. The summed E-state index contributed by atoms with van der Waals surface area (Å²) in [4.78, 5) is 8.38. The van der Waals surface area contributed by atoms with E-state index in [0.29, 0.717) is 30.8 Å². The number of hydrogen-bond donors (Lipinski definition) is 1. The summed E-state index contributed by atoms with van der Waals surface area (Å²) in [6, 6.07) is 0. The van der Waals surface area contributed by atoms with Gasteiger partial charge in [-0.25, -0.2) is 0 Å². The zero-order valence-electron chi connectivity index (χ0n) is 10.9. The average molecular weight is 239 g/mol. The molecule has 1 aromatic rings. The van der Waals surface area contributed by atoms with Gasteiger partial charge in [0, 0.05) is 13.7 Å². The molecule has 5 heteroatoms. The molecule has 5 nitrogen and oxygen atoms in total. The Labute approximate surface area is 103 Å². The number of nitrogens with zero attached hydrogens (tertiary/aromatic N) is 2. The van der Waals surface area contributed by atoms with E-state index in [0.717, 1.165) is 0 Å². The van der Waals surface area contributed by atoms with Crippen LogP contribution in [0, 0.1) is 5.92 Å². The molecule has 0 saturated heterocycles. The first-order valence-corrected chi connectivity index (χ1v) is 5.83. The lowest BCUT2D eigenvalue weighted by Crippen LogP contribution is -2.18. The number of rotatable bonds is 7. The van der Waals surface area contributed by atoms with Gasteiger partial charge >= 0.3 is 0 Å². The van der Waals surface area contributed by atoms with Crippen molar-refractivity contribution in [3.63, 3.8) is 0 Å². The van der Waals surface area contributed by atoms with E-state index in [2.05, 4.69) is 29.1 Å². The Bertz CT molecular complexity index is 331. The predicted molar refractivity (Wildman–Crippen MR) is 67.3 cm³/mol. The van der Waals surface area contributed by atoms with Gasteiger partial charge in [-0.1, -0.05) is 13.8 Å². The standard InChI is InChI=1S/C12H21N3O2/c1-9(2)8-17-12-7-13-6-11(15-12)14-5-10(3)16-4/h6-7,9-10H,5,8H2,1-4H3,(H,14,15). The van der Waals surface area contributed by atoms with Gasteiger partial charge in [0.1, 0.15) is 5.82 Å². The van der Waals surface area contributed by atoms with Crippen LogP contribution in [0.2, 0.25) is 0 Å². The molecule has 1 unspecified atom stereocenters. The van der Waals surface area contributed by atoms with Crippen molar-refractivity contribution < 1.29 is 9.47 Å². The molecule has 1 N–H and O–H groups in total. The molecule has 1 rings (SSSR count). The lowest BCUT2D eigenvalue weighted by atomic mass is 10.2. The van der Waals surface area contributed by atoms with Gasteiger partial charge in [-0.05, 0) is 12.8 Å². The SMILES string of the molecule is COC(C)CNc1cncc(OCC(C)C)n1. The minimum atomic E-state index is 0.136. The Kier molecular flexibility index (Phi) is 5.69. The first-order valence-electron chi connectivity index (χ1n) is 5.83. The average Bonchev–Trinajstić information content (AvgIpc) is 2.34. The third-order valence-corrected chi connectivity index (χ3v) is 2.15. The van der Waals surface area contributed by atoms with Gasteiger partial charge in [0.25, 0.3) is 0 Å². The molecule has 1 heterocycles. The molecular formula is C12H21N3O2. The first kappa shape index (κ1) is 13.7. The van der Waals surface area contributed by atoms with Gasteiger partial charge in [-0.3, -0.25) is 4.98 Å². The van der Waals surface area contributed by atoms with Crippen molar-refractivity contribution in [1.29, 1.82) is 0 Å². The molecular weight excluding hydrogens is 218 g/mol. The fourth-order valence-corrected chi connectivity index (χ4v) is 1.09. The lowest BCUT2D eigenvalue weighted by Gasteiger charge is -2.12. The zero-order valence-corrected chi connectivity index (χ0v) is 10.9. The summed E-state index contributed by atoms with van der Waals surface area (Å²) in [5, 5.41) is 3.14. The van der Waals surface area contributed by atoms with Crippen molar-refractivity contribution in [2.24, 2.45) is 5.92 Å². The molecule has 1 aromatic heterocycles. The van der Waals surface area contributed by atoms with E-state index in [1.807, 2.05) is 6.92 Å².